The quantitative estimate of drug-likeness (QED) is 0.615. The maximum atomic E-state index is 13.3. The summed E-state index contributed by atoms with van der Waals surface area (Å²) in [5, 5.41) is 3.41. The van der Waals surface area contributed by atoms with E-state index in [0.717, 1.165) is 23.6 Å². The molecule has 2 unspecified atom stereocenters. The Morgan fingerprint density at radius 3 is 2.52 bits per heavy atom. The van der Waals surface area contributed by atoms with Crippen LogP contribution < -0.4 is 14.8 Å². The molecule has 0 saturated carbocycles. The van der Waals surface area contributed by atoms with Crippen molar-refractivity contribution in [2.45, 2.75) is 25.7 Å². The summed E-state index contributed by atoms with van der Waals surface area (Å²) in [5.74, 6) is 1.94. The van der Waals surface area contributed by atoms with Crippen molar-refractivity contribution in [1.82, 2.24) is 10.2 Å². The first-order valence-electron chi connectivity index (χ1n) is 9.61. The van der Waals surface area contributed by atoms with Crippen LogP contribution >= 0.6 is 0 Å². The van der Waals surface area contributed by atoms with Crippen molar-refractivity contribution >= 4 is 5.96 Å². The number of aliphatic imine (C=N–C) groups is 1. The lowest BCUT2D eigenvalue weighted by atomic mass is 10.1. The zero-order valence-electron chi connectivity index (χ0n) is 17.3. The van der Waals surface area contributed by atoms with Gasteiger partial charge in [-0.1, -0.05) is 18.2 Å². The molecule has 6 nitrogen and oxygen atoms in total. The lowest BCUT2D eigenvalue weighted by Gasteiger charge is -2.38. The Balaban J connectivity index is 1.68. The van der Waals surface area contributed by atoms with E-state index in [-0.39, 0.29) is 18.0 Å². The molecule has 1 aliphatic rings. The van der Waals surface area contributed by atoms with E-state index < -0.39 is 0 Å². The highest BCUT2D eigenvalue weighted by Gasteiger charge is 2.28. The third-order valence-electron chi connectivity index (χ3n) is 4.91. The van der Waals surface area contributed by atoms with Gasteiger partial charge in [0.1, 0.15) is 11.9 Å². The third-order valence-corrected chi connectivity index (χ3v) is 4.91. The fraction of sp³-hybridized carbons (Fsp3) is 0.409. The minimum atomic E-state index is -0.248. The standard InChI is InChI=1S/C22H28FN3O3/c1-15-13-26(14-21(29-15)17-6-8-18(23)9-7-17)22(24-2)25-12-16-5-10-19(27-3)20(11-16)28-4/h5-11,15,21H,12-14H2,1-4H3,(H,24,25). The van der Waals surface area contributed by atoms with Crippen LogP contribution in [0.25, 0.3) is 0 Å². The summed E-state index contributed by atoms with van der Waals surface area (Å²) in [5.41, 5.74) is 2.01. The Morgan fingerprint density at radius 1 is 1.14 bits per heavy atom. The first-order chi connectivity index (χ1) is 14.0. The molecule has 1 fully saturated rings. The largest absolute Gasteiger partial charge is 0.493 e. The lowest BCUT2D eigenvalue weighted by molar-refractivity contribution is -0.0605. The summed E-state index contributed by atoms with van der Waals surface area (Å²) in [7, 11) is 5.01. The van der Waals surface area contributed by atoms with Gasteiger partial charge < -0.3 is 24.4 Å². The molecule has 2 atom stereocenters. The van der Waals surface area contributed by atoms with E-state index >= 15 is 0 Å². The smallest absolute Gasteiger partial charge is 0.194 e. The molecule has 29 heavy (non-hydrogen) atoms. The highest BCUT2D eigenvalue weighted by molar-refractivity contribution is 5.80. The minimum Gasteiger partial charge on any atom is -0.493 e. The van der Waals surface area contributed by atoms with E-state index in [0.29, 0.717) is 24.6 Å². The van der Waals surface area contributed by atoms with Gasteiger partial charge in [0, 0.05) is 20.1 Å². The second-order valence-corrected chi connectivity index (χ2v) is 6.98. The number of benzene rings is 2. The number of rotatable bonds is 5. The molecule has 7 heteroatoms. The molecule has 0 aromatic heterocycles. The van der Waals surface area contributed by atoms with Crippen LogP contribution in [0.4, 0.5) is 4.39 Å². The molecular weight excluding hydrogens is 373 g/mol. The molecule has 1 aliphatic heterocycles. The second kappa shape index (κ2) is 9.60. The van der Waals surface area contributed by atoms with E-state index in [2.05, 4.69) is 15.2 Å². The maximum Gasteiger partial charge on any atom is 0.194 e. The number of hydrogen-bond acceptors (Lipinski definition) is 4. The van der Waals surface area contributed by atoms with Crippen molar-refractivity contribution < 1.29 is 18.6 Å². The zero-order valence-corrected chi connectivity index (χ0v) is 17.3. The van der Waals surface area contributed by atoms with E-state index in [1.165, 1.54) is 12.1 Å². The number of ether oxygens (including phenoxy) is 3. The summed E-state index contributed by atoms with van der Waals surface area (Å²) in [4.78, 5) is 6.61. The summed E-state index contributed by atoms with van der Waals surface area (Å²) in [6.07, 6.45) is -0.114. The normalized spacial score (nSPS) is 19.8. The van der Waals surface area contributed by atoms with Gasteiger partial charge in [0.25, 0.3) is 0 Å². The fourth-order valence-corrected chi connectivity index (χ4v) is 3.49. The summed E-state index contributed by atoms with van der Waals surface area (Å²) >= 11 is 0. The summed E-state index contributed by atoms with van der Waals surface area (Å²) in [6, 6.07) is 12.3. The second-order valence-electron chi connectivity index (χ2n) is 6.98. The first kappa shape index (κ1) is 20.9. The van der Waals surface area contributed by atoms with Crippen molar-refractivity contribution in [3.63, 3.8) is 0 Å². The Hall–Kier alpha value is -2.80. The molecule has 0 spiro atoms. The van der Waals surface area contributed by atoms with Crippen LogP contribution in [0.1, 0.15) is 24.2 Å². The van der Waals surface area contributed by atoms with Gasteiger partial charge in [-0.3, -0.25) is 4.99 Å². The molecule has 2 aromatic rings. The Kier molecular flexibility index (Phi) is 6.93. The van der Waals surface area contributed by atoms with Gasteiger partial charge in [0.15, 0.2) is 17.5 Å². The highest BCUT2D eigenvalue weighted by Crippen LogP contribution is 2.28. The Morgan fingerprint density at radius 2 is 1.86 bits per heavy atom. The molecule has 0 radical (unpaired) electrons. The van der Waals surface area contributed by atoms with E-state index in [1.807, 2.05) is 25.1 Å². The number of nitrogens with one attached hydrogen (secondary N) is 1. The molecule has 1 saturated heterocycles. The van der Waals surface area contributed by atoms with Crippen molar-refractivity contribution in [1.29, 1.82) is 0 Å². The minimum absolute atomic E-state index is 0.0263. The van der Waals surface area contributed by atoms with E-state index in [9.17, 15) is 4.39 Å². The Labute approximate surface area is 171 Å². The van der Waals surface area contributed by atoms with Crippen LogP contribution in [0.5, 0.6) is 11.5 Å². The van der Waals surface area contributed by atoms with Crippen molar-refractivity contribution in [2.24, 2.45) is 4.99 Å². The molecule has 0 aliphatic carbocycles. The molecule has 156 valence electrons. The van der Waals surface area contributed by atoms with Crippen LogP contribution in [0.3, 0.4) is 0 Å². The van der Waals surface area contributed by atoms with Gasteiger partial charge in [-0.15, -0.1) is 0 Å². The van der Waals surface area contributed by atoms with Gasteiger partial charge in [-0.25, -0.2) is 4.39 Å². The molecule has 1 heterocycles. The lowest BCUT2D eigenvalue weighted by Crippen LogP contribution is -2.50. The number of hydrogen-bond donors (Lipinski definition) is 1. The molecule has 2 aromatic carbocycles. The molecular formula is C22H28FN3O3. The number of nitrogens with zero attached hydrogens (tertiary/aromatic N) is 2. The average Bonchev–Trinajstić information content (AvgIpc) is 2.74. The maximum absolute atomic E-state index is 13.3. The average molecular weight is 401 g/mol. The number of methoxy groups -OCH3 is 2. The monoisotopic (exact) mass is 401 g/mol. The van der Waals surface area contributed by atoms with E-state index in [1.54, 1.807) is 33.4 Å². The van der Waals surface area contributed by atoms with Crippen LogP contribution in [0.2, 0.25) is 0 Å². The van der Waals surface area contributed by atoms with Crippen molar-refractivity contribution in [3.05, 3.63) is 59.4 Å². The van der Waals surface area contributed by atoms with Crippen LogP contribution in [0.15, 0.2) is 47.5 Å². The fourth-order valence-electron chi connectivity index (χ4n) is 3.49. The summed E-state index contributed by atoms with van der Waals surface area (Å²) in [6.45, 7) is 4.00. The van der Waals surface area contributed by atoms with Gasteiger partial charge in [-0.2, -0.15) is 0 Å². The number of morpholine rings is 1. The molecule has 3 rings (SSSR count). The van der Waals surface area contributed by atoms with Crippen molar-refractivity contribution in [3.8, 4) is 11.5 Å². The van der Waals surface area contributed by atoms with Gasteiger partial charge >= 0.3 is 0 Å². The SMILES string of the molecule is CN=C(NCc1ccc(OC)c(OC)c1)N1CC(C)OC(c2ccc(F)cc2)C1. The molecule has 1 N–H and O–H groups in total. The van der Waals surface area contributed by atoms with Crippen molar-refractivity contribution in [2.75, 3.05) is 34.4 Å². The van der Waals surface area contributed by atoms with Crippen LogP contribution in [-0.2, 0) is 11.3 Å². The zero-order chi connectivity index (χ0) is 20.8. The number of halogens is 1. The first-order valence-corrected chi connectivity index (χ1v) is 9.61. The van der Waals surface area contributed by atoms with Gasteiger partial charge in [0.05, 0.1) is 26.9 Å². The van der Waals surface area contributed by atoms with Gasteiger partial charge in [0.2, 0.25) is 0 Å². The number of guanidine groups is 1. The van der Waals surface area contributed by atoms with Crippen LogP contribution in [0, 0.1) is 5.82 Å². The molecule has 0 bridgehead atoms. The third kappa shape index (κ3) is 5.17. The topological polar surface area (TPSA) is 55.3 Å². The molecule has 0 amide bonds. The summed E-state index contributed by atoms with van der Waals surface area (Å²) < 4.78 is 30.0. The van der Waals surface area contributed by atoms with Gasteiger partial charge in [-0.05, 0) is 42.3 Å². The predicted octanol–water partition coefficient (Wildman–Crippen LogP) is 3.38. The Bertz CT molecular complexity index is 842. The van der Waals surface area contributed by atoms with E-state index in [4.69, 9.17) is 14.2 Å². The van der Waals surface area contributed by atoms with Crippen LogP contribution in [-0.4, -0.2) is 51.3 Å². The predicted molar refractivity (Wildman–Crippen MR) is 111 cm³/mol. The highest BCUT2D eigenvalue weighted by atomic mass is 19.1.